The molecule has 6 nitrogen and oxygen atoms in total. The third-order valence-corrected chi connectivity index (χ3v) is 6.72. The Balaban J connectivity index is 1.21. The van der Waals surface area contributed by atoms with Gasteiger partial charge < -0.3 is 0 Å². The lowest BCUT2D eigenvalue weighted by molar-refractivity contribution is -0.123. The van der Waals surface area contributed by atoms with Crippen LogP contribution in [0.25, 0.3) is 22.2 Å². The zero-order valence-corrected chi connectivity index (χ0v) is 17.9. The number of rotatable bonds is 6. The molecule has 3 aromatic heterocycles. The van der Waals surface area contributed by atoms with Gasteiger partial charge in [-0.2, -0.15) is 5.10 Å². The quantitative estimate of drug-likeness (QED) is 0.609. The summed E-state index contributed by atoms with van der Waals surface area (Å²) in [4.78, 5) is 24.4. The van der Waals surface area contributed by atoms with E-state index in [1.165, 1.54) is 0 Å². The molecule has 4 heterocycles. The highest BCUT2D eigenvalue weighted by molar-refractivity contribution is 5.85. The van der Waals surface area contributed by atoms with Gasteiger partial charge in [0.15, 0.2) is 0 Å². The lowest BCUT2D eigenvalue weighted by Crippen LogP contribution is -2.50. The number of likely N-dealkylation sites (tertiary alicyclic amines) is 1. The van der Waals surface area contributed by atoms with Crippen LogP contribution >= 0.6 is 0 Å². The summed E-state index contributed by atoms with van der Waals surface area (Å²) < 4.78 is 14.8. The van der Waals surface area contributed by atoms with E-state index in [-0.39, 0.29) is 11.7 Å². The van der Waals surface area contributed by atoms with E-state index in [1.807, 2.05) is 31.4 Å². The summed E-state index contributed by atoms with van der Waals surface area (Å²) in [5, 5.41) is 5.18. The van der Waals surface area contributed by atoms with E-state index >= 15 is 0 Å². The number of aromatic nitrogens is 4. The zero-order chi connectivity index (χ0) is 21.4. The van der Waals surface area contributed by atoms with Gasteiger partial charge in [-0.05, 0) is 49.8 Å². The number of aryl methyl sites for hydroxylation is 1. The summed E-state index contributed by atoms with van der Waals surface area (Å²) in [6, 6.07) is 5.92. The van der Waals surface area contributed by atoms with Crippen LogP contribution in [0.5, 0.6) is 0 Å². The maximum Gasteiger partial charge on any atom is 0.141 e. The van der Waals surface area contributed by atoms with Crippen LogP contribution in [0.3, 0.4) is 0 Å². The highest BCUT2D eigenvalue weighted by Crippen LogP contribution is 2.32. The molecule has 2 fully saturated rings. The Morgan fingerprint density at radius 1 is 1.16 bits per heavy atom. The van der Waals surface area contributed by atoms with Crippen molar-refractivity contribution in [3.8, 4) is 11.3 Å². The van der Waals surface area contributed by atoms with Gasteiger partial charge in [0.05, 0.1) is 17.4 Å². The monoisotopic (exact) mass is 421 g/mol. The molecule has 1 aliphatic carbocycles. The molecule has 0 amide bonds. The number of carbonyl (C=O) groups excluding carboxylic acids is 1. The maximum absolute atomic E-state index is 13.0. The molecule has 0 atom stereocenters. The average Bonchev–Trinajstić information content (AvgIpc) is 3.19. The fourth-order valence-electron chi connectivity index (χ4n) is 4.88. The summed E-state index contributed by atoms with van der Waals surface area (Å²) in [7, 11) is 1.88. The van der Waals surface area contributed by atoms with Crippen LogP contribution in [-0.2, 0) is 18.3 Å². The number of hydrogen-bond acceptors (Lipinski definition) is 5. The molecule has 3 aromatic rings. The van der Waals surface area contributed by atoms with Crippen molar-refractivity contribution in [2.75, 3.05) is 19.6 Å². The first-order chi connectivity index (χ1) is 15.0. The number of alkyl halides is 1. The predicted molar refractivity (Wildman–Crippen MR) is 117 cm³/mol. The van der Waals surface area contributed by atoms with Crippen LogP contribution in [-0.4, -0.2) is 56.2 Å². The van der Waals surface area contributed by atoms with Crippen LogP contribution in [0.2, 0.25) is 0 Å². The van der Waals surface area contributed by atoms with Gasteiger partial charge in [-0.1, -0.05) is 0 Å². The van der Waals surface area contributed by atoms with E-state index < -0.39 is 6.17 Å². The highest BCUT2D eigenvalue weighted by Gasteiger charge is 2.31. The molecule has 0 spiro atoms. The van der Waals surface area contributed by atoms with Gasteiger partial charge in [-0.3, -0.25) is 19.4 Å². The Kier molecular flexibility index (Phi) is 5.52. The van der Waals surface area contributed by atoms with Crippen LogP contribution in [0.15, 0.2) is 36.8 Å². The fraction of sp³-hybridized carbons (Fsp3) is 0.500. The molecule has 1 saturated heterocycles. The molecule has 5 rings (SSSR count). The van der Waals surface area contributed by atoms with Crippen LogP contribution in [0, 0.1) is 11.8 Å². The fourth-order valence-corrected chi connectivity index (χ4v) is 4.88. The molecule has 31 heavy (non-hydrogen) atoms. The van der Waals surface area contributed by atoms with Gasteiger partial charge >= 0.3 is 0 Å². The molecule has 0 N–H and O–H groups in total. The van der Waals surface area contributed by atoms with E-state index in [2.05, 4.69) is 15.0 Å². The number of halogens is 1. The molecule has 7 heteroatoms. The second-order valence-electron chi connectivity index (χ2n) is 9.14. The third-order valence-electron chi connectivity index (χ3n) is 6.72. The van der Waals surface area contributed by atoms with Gasteiger partial charge in [-0.15, -0.1) is 0 Å². The van der Waals surface area contributed by atoms with Crippen molar-refractivity contribution in [3.05, 3.63) is 42.5 Å². The summed E-state index contributed by atoms with van der Waals surface area (Å²) >= 11 is 0. The third kappa shape index (κ3) is 4.51. The summed E-state index contributed by atoms with van der Waals surface area (Å²) in [5.41, 5.74) is 3.47. The Morgan fingerprint density at radius 2 is 1.97 bits per heavy atom. The number of hydrogen-bond donors (Lipinski definition) is 0. The molecule has 1 aliphatic heterocycles. The van der Waals surface area contributed by atoms with Crippen molar-refractivity contribution in [2.45, 2.75) is 38.3 Å². The van der Waals surface area contributed by atoms with E-state index in [9.17, 15) is 9.18 Å². The lowest BCUT2D eigenvalue weighted by atomic mass is 9.78. The van der Waals surface area contributed by atoms with Crippen molar-refractivity contribution in [1.82, 2.24) is 24.6 Å². The van der Waals surface area contributed by atoms with E-state index in [1.54, 1.807) is 17.1 Å². The minimum absolute atomic E-state index is 0.119. The predicted octanol–water partition coefficient (Wildman–Crippen LogP) is 3.60. The van der Waals surface area contributed by atoms with Gasteiger partial charge in [0, 0.05) is 68.1 Å². The molecule has 1 saturated carbocycles. The number of carbonyl (C=O) groups is 1. The maximum atomic E-state index is 13.0. The number of Topliss-reactive ketones (excluding diaryl/α,β-unsaturated/α-hetero) is 1. The minimum Gasteiger partial charge on any atom is -0.299 e. The van der Waals surface area contributed by atoms with Gasteiger partial charge in [0.1, 0.15) is 12.0 Å². The first-order valence-electron chi connectivity index (χ1n) is 11.2. The van der Waals surface area contributed by atoms with Crippen LogP contribution in [0.1, 0.15) is 31.4 Å². The first kappa shape index (κ1) is 20.2. The van der Waals surface area contributed by atoms with Crippen molar-refractivity contribution in [2.24, 2.45) is 18.9 Å². The normalized spacial score (nSPS) is 22.5. The second kappa shape index (κ2) is 8.46. The summed E-state index contributed by atoms with van der Waals surface area (Å²) in [6.07, 6.45) is 9.26. The van der Waals surface area contributed by atoms with Gasteiger partial charge in [0.2, 0.25) is 0 Å². The van der Waals surface area contributed by atoms with Crippen molar-refractivity contribution in [3.63, 3.8) is 0 Å². The number of nitrogens with zero attached hydrogens (tertiary/aromatic N) is 5. The molecule has 0 bridgehead atoms. The molecule has 0 unspecified atom stereocenters. The SMILES string of the molecule is Cn1cc(-c2ccc3cnc(CC(=O)C4CCC(CN5CC(F)C5)CC4)cc3n2)cn1. The molecule has 0 aromatic carbocycles. The topological polar surface area (TPSA) is 63.9 Å². The Hall–Kier alpha value is -2.67. The number of ketones is 1. The zero-order valence-electron chi connectivity index (χ0n) is 17.9. The highest BCUT2D eigenvalue weighted by atomic mass is 19.1. The van der Waals surface area contributed by atoms with Gasteiger partial charge in [-0.25, -0.2) is 9.37 Å². The van der Waals surface area contributed by atoms with Crippen LogP contribution < -0.4 is 0 Å². The Bertz CT molecular complexity index is 1080. The molecule has 162 valence electrons. The lowest BCUT2D eigenvalue weighted by Gasteiger charge is -2.38. The number of pyridine rings is 2. The molecule has 2 aliphatic rings. The molecule has 0 radical (unpaired) electrons. The average molecular weight is 422 g/mol. The Morgan fingerprint density at radius 3 is 2.68 bits per heavy atom. The van der Waals surface area contributed by atoms with Crippen molar-refractivity contribution >= 4 is 16.7 Å². The Labute approximate surface area is 181 Å². The van der Waals surface area contributed by atoms with Crippen LogP contribution in [0.4, 0.5) is 4.39 Å². The summed E-state index contributed by atoms with van der Waals surface area (Å²) in [6.45, 7) is 2.16. The van der Waals surface area contributed by atoms with E-state index in [0.29, 0.717) is 25.4 Å². The van der Waals surface area contributed by atoms with E-state index in [4.69, 9.17) is 4.98 Å². The van der Waals surface area contributed by atoms with Gasteiger partial charge in [0.25, 0.3) is 0 Å². The first-order valence-corrected chi connectivity index (χ1v) is 11.2. The number of fused-ring (bicyclic) bond motifs is 1. The van der Waals surface area contributed by atoms with Crippen molar-refractivity contribution < 1.29 is 9.18 Å². The minimum atomic E-state index is -0.637. The summed E-state index contributed by atoms with van der Waals surface area (Å²) in [5.74, 6) is 1.00. The smallest absolute Gasteiger partial charge is 0.141 e. The molecular weight excluding hydrogens is 393 g/mol. The molecular formula is C24H28FN5O. The largest absolute Gasteiger partial charge is 0.299 e. The standard InChI is InChI=1S/C24H28FN5O/c1-29-13-19(11-27-29)22-7-6-18-10-26-21(8-23(18)28-22)9-24(31)17-4-2-16(3-5-17)12-30-14-20(25)15-30/h6-8,10-11,13,16-17,20H,2-5,9,12,14-15H2,1H3. The van der Waals surface area contributed by atoms with Crippen molar-refractivity contribution in [1.29, 1.82) is 0 Å². The second-order valence-corrected chi connectivity index (χ2v) is 9.14. The van der Waals surface area contributed by atoms with E-state index in [0.717, 1.165) is 60.1 Å².